The summed E-state index contributed by atoms with van der Waals surface area (Å²) in [6.07, 6.45) is 6.16. The van der Waals surface area contributed by atoms with Crippen molar-refractivity contribution in [2.24, 2.45) is 0 Å². The molecule has 2 aromatic heterocycles. The highest BCUT2D eigenvalue weighted by Crippen LogP contribution is 2.33. The van der Waals surface area contributed by atoms with E-state index in [0.29, 0.717) is 12.1 Å². The molecule has 4 heterocycles. The van der Waals surface area contributed by atoms with Gasteiger partial charge in [0.15, 0.2) is 0 Å². The van der Waals surface area contributed by atoms with Crippen LogP contribution in [0.25, 0.3) is 10.2 Å². The summed E-state index contributed by atoms with van der Waals surface area (Å²) in [5, 5.41) is 17.9. The normalized spacial score (nSPS) is 25.4. The van der Waals surface area contributed by atoms with Gasteiger partial charge < -0.3 is 24.8 Å². The molecule has 2 N–H and O–H groups in total. The van der Waals surface area contributed by atoms with E-state index in [4.69, 9.17) is 19.7 Å². The second-order valence-corrected chi connectivity index (χ2v) is 10.8. The summed E-state index contributed by atoms with van der Waals surface area (Å²) < 4.78 is 12.5. The lowest BCUT2D eigenvalue weighted by Crippen LogP contribution is -2.47. The van der Waals surface area contributed by atoms with Crippen molar-refractivity contribution in [1.29, 1.82) is 0 Å². The second kappa shape index (κ2) is 10.2. The monoisotopic (exact) mass is 490 g/mol. The smallest absolute Gasteiger partial charge is 0.450 e. The molecule has 5 rings (SSSR count). The number of nitrogens with zero attached hydrogens (tertiary/aromatic N) is 3. The Bertz CT molecular complexity index is 1010. The first-order valence-electron chi connectivity index (χ1n) is 12.5. The topological polar surface area (TPSA) is 106 Å². The zero-order valence-electron chi connectivity index (χ0n) is 19.7. The van der Waals surface area contributed by atoms with Crippen molar-refractivity contribution in [2.45, 2.75) is 82.5 Å². The Balaban J connectivity index is 1.14. The summed E-state index contributed by atoms with van der Waals surface area (Å²) in [6, 6.07) is 3.06. The molecule has 3 fully saturated rings. The molecule has 9 nitrogen and oxygen atoms in total. The number of carboxylic acid groups (broad SMARTS) is 1. The fourth-order valence-corrected chi connectivity index (χ4v) is 6.84. The fraction of sp³-hybridized carbons (Fsp3) is 0.708. The highest BCUT2D eigenvalue weighted by Gasteiger charge is 2.31. The van der Waals surface area contributed by atoms with Crippen LogP contribution in [0.2, 0.25) is 0 Å². The maximum absolute atomic E-state index is 13.1. The molecule has 1 aliphatic carbocycles. The lowest BCUT2D eigenvalue weighted by molar-refractivity contribution is 0.00674. The Kier molecular flexibility index (Phi) is 7.08. The van der Waals surface area contributed by atoms with Crippen molar-refractivity contribution < 1.29 is 24.2 Å². The van der Waals surface area contributed by atoms with Gasteiger partial charge in [0.05, 0.1) is 16.6 Å². The van der Waals surface area contributed by atoms with E-state index < -0.39 is 6.16 Å². The summed E-state index contributed by atoms with van der Waals surface area (Å²) in [6.45, 7) is 5.31. The molecule has 0 bridgehead atoms. The van der Waals surface area contributed by atoms with Gasteiger partial charge in [-0.2, -0.15) is 5.10 Å². The van der Waals surface area contributed by atoms with E-state index in [2.05, 4.69) is 14.9 Å². The van der Waals surface area contributed by atoms with Crippen LogP contribution >= 0.6 is 11.3 Å². The first-order valence-corrected chi connectivity index (χ1v) is 13.3. The van der Waals surface area contributed by atoms with Gasteiger partial charge in [-0.3, -0.25) is 9.48 Å². The van der Waals surface area contributed by atoms with Crippen LogP contribution in [0.3, 0.4) is 0 Å². The van der Waals surface area contributed by atoms with Crippen molar-refractivity contribution in [1.82, 2.24) is 20.0 Å². The maximum Gasteiger partial charge on any atom is 0.506 e. The molecule has 10 heteroatoms. The molecule has 3 aliphatic rings. The highest BCUT2D eigenvalue weighted by molar-refractivity contribution is 7.20. The van der Waals surface area contributed by atoms with Crippen LogP contribution in [0.1, 0.15) is 72.8 Å². The predicted octanol–water partition coefficient (Wildman–Crippen LogP) is 3.96. The number of fused-ring (bicyclic) bond motifs is 1. The molecule has 0 unspecified atom stereocenters. The molecular formula is C24H34N4O5S. The standard InChI is InChI=1S/C24H34N4O5S/c1-15-20-14-21(34-23(20)28(26-15)18-8-12-32-13-9-18)22(29)25-16-2-4-17(5-3-16)27-10-6-19(7-11-27)33-24(30)31/h14,16-19H,2-13H2,1H3,(H,25,29)(H,30,31). The molecule has 0 aromatic carbocycles. The number of amides is 1. The van der Waals surface area contributed by atoms with Gasteiger partial charge in [0.25, 0.3) is 5.91 Å². The molecule has 0 spiro atoms. The Morgan fingerprint density at radius 3 is 2.47 bits per heavy atom. The third-order valence-corrected chi connectivity index (χ3v) is 8.74. The number of hydrogen-bond acceptors (Lipinski definition) is 7. The molecule has 0 atom stereocenters. The minimum atomic E-state index is -1.18. The van der Waals surface area contributed by atoms with Gasteiger partial charge in [-0.1, -0.05) is 0 Å². The zero-order chi connectivity index (χ0) is 23.7. The van der Waals surface area contributed by atoms with Crippen LogP contribution < -0.4 is 5.32 Å². The van der Waals surface area contributed by atoms with Crippen molar-refractivity contribution in [2.75, 3.05) is 26.3 Å². The second-order valence-electron chi connectivity index (χ2n) is 9.80. The zero-order valence-corrected chi connectivity index (χ0v) is 20.5. The third kappa shape index (κ3) is 5.08. The molecule has 34 heavy (non-hydrogen) atoms. The van der Waals surface area contributed by atoms with E-state index >= 15 is 0 Å². The SMILES string of the molecule is Cc1nn(C2CCOCC2)c2sc(C(=O)NC3CCC(N4CCC(OC(=O)O)CC4)CC3)cc12. The molecule has 2 aromatic rings. The summed E-state index contributed by atoms with van der Waals surface area (Å²) in [4.78, 5) is 28.1. The number of hydrogen-bond donors (Lipinski definition) is 2. The van der Waals surface area contributed by atoms with Crippen LogP contribution in [0.4, 0.5) is 4.79 Å². The summed E-state index contributed by atoms with van der Waals surface area (Å²) in [5.41, 5.74) is 0.981. The molecule has 186 valence electrons. The van der Waals surface area contributed by atoms with Crippen LogP contribution in [-0.4, -0.2) is 76.3 Å². The predicted molar refractivity (Wildman–Crippen MR) is 129 cm³/mol. The summed E-state index contributed by atoms with van der Waals surface area (Å²) in [7, 11) is 0. The Labute approximate surface area is 203 Å². The first-order chi connectivity index (χ1) is 16.5. The summed E-state index contributed by atoms with van der Waals surface area (Å²) in [5.74, 6) is 0.0224. The van der Waals surface area contributed by atoms with Gasteiger partial charge in [-0.15, -0.1) is 11.3 Å². The van der Waals surface area contributed by atoms with E-state index in [9.17, 15) is 9.59 Å². The van der Waals surface area contributed by atoms with Crippen molar-refractivity contribution in [3.05, 3.63) is 16.6 Å². The molecule has 2 saturated heterocycles. The average molecular weight is 491 g/mol. The summed E-state index contributed by atoms with van der Waals surface area (Å²) >= 11 is 1.55. The average Bonchev–Trinajstić information content (AvgIpc) is 3.41. The van der Waals surface area contributed by atoms with E-state index in [1.165, 1.54) is 0 Å². The minimum Gasteiger partial charge on any atom is -0.450 e. The Morgan fingerprint density at radius 1 is 1.09 bits per heavy atom. The van der Waals surface area contributed by atoms with Crippen LogP contribution in [-0.2, 0) is 9.47 Å². The number of carbonyl (C=O) groups is 2. The van der Waals surface area contributed by atoms with Crippen LogP contribution in [0.5, 0.6) is 0 Å². The first kappa shape index (κ1) is 23.6. The fourth-order valence-electron chi connectivity index (χ4n) is 5.70. The number of carbonyl (C=O) groups excluding carboxylic acids is 1. The molecule has 1 saturated carbocycles. The quantitative estimate of drug-likeness (QED) is 0.611. The van der Waals surface area contributed by atoms with Gasteiger partial charge in [-0.25, -0.2) is 4.79 Å². The lowest BCUT2D eigenvalue weighted by atomic mass is 9.89. The number of piperidine rings is 1. The minimum absolute atomic E-state index is 0.0224. The number of aromatic nitrogens is 2. The third-order valence-electron chi connectivity index (χ3n) is 7.62. The number of rotatable bonds is 5. The van der Waals surface area contributed by atoms with Gasteiger partial charge >= 0.3 is 6.16 Å². The van der Waals surface area contributed by atoms with Gasteiger partial charge in [0.2, 0.25) is 0 Å². The Morgan fingerprint density at radius 2 is 1.79 bits per heavy atom. The van der Waals surface area contributed by atoms with Crippen molar-refractivity contribution >= 4 is 33.6 Å². The van der Waals surface area contributed by atoms with Crippen molar-refractivity contribution in [3.63, 3.8) is 0 Å². The highest BCUT2D eigenvalue weighted by atomic mass is 32.1. The van der Waals surface area contributed by atoms with E-state index in [1.54, 1.807) is 11.3 Å². The number of ether oxygens (including phenoxy) is 2. The number of nitrogens with one attached hydrogen (secondary N) is 1. The lowest BCUT2D eigenvalue weighted by Gasteiger charge is -2.40. The van der Waals surface area contributed by atoms with Gasteiger partial charge in [0, 0.05) is 43.8 Å². The largest absolute Gasteiger partial charge is 0.506 e. The number of thiophene rings is 1. The van der Waals surface area contributed by atoms with Crippen LogP contribution in [0.15, 0.2) is 6.07 Å². The molecular weight excluding hydrogens is 456 g/mol. The van der Waals surface area contributed by atoms with Crippen molar-refractivity contribution in [3.8, 4) is 0 Å². The molecule has 0 radical (unpaired) electrons. The van der Waals surface area contributed by atoms with E-state index in [1.807, 2.05) is 13.0 Å². The maximum atomic E-state index is 13.1. The molecule has 2 aliphatic heterocycles. The Hall–Kier alpha value is -2.17. The number of aryl methyl sites for hydroxylation is 1. The van der Waals surface area contributed by atoms with Crippen LogP contribution in [0, 0.1) is 6.92 Å². The van der Waals surface area contributed by atoms with E-state index in [0.717, 1.165) is 98.5 Å². The van der Waals surface area contributed by atoms with Gasteiger partial charge in [0.1, 0.15) is 10.9 Å². The number of likely N-dealkylation sites (tertiary alicyclic amines) is 1. The molecule has 1 amide bonds. The van der Waals surface area contributed by atoms with Gasteiger partial charge in [-0.05, 0) is 64.4 Å². The van der Waals surface area contributed by atoms with E-state index in [-0.39, 0.29) is 18.1 Å².